The molecule has 4 heteroatoms. The summed E-state index contributed by atoms with van der Waals surface area (Å²) in [5.74, 6) is 0. The number of fused-ring (bicyclic) bond motifs is 1. The Kier molecular flexibility index (Phi) is 5.58. The average Bonchev–Trinajstić information content (AvgIpc) is 3.02. The number of rotatable bonds is 3. The first-order chi connectivity index (χ1) is 10.3. The molecular formula is C19H29LiN2Si. The number of nitrogens with zero attached hydrogens (tertiary/aromatic N) is 1. The van der Waals surface area contributed by atoms with Gasteiger partial charge in [-0.15, -0.1) is 17.3 Å². The Hall–Kier alpha value is -0.466. The molecule has 1 atom stereocenters. The van der Waals surface area contributed by atoms with Crippen LogP contribution >= 0.6 is 0 Å². The standard InChI is InChI=1S/C19H29N2Si.Li/c1-19(2,3)20-22(4,5)18-14-17(21-12-8-9-13-21)15-10-6-7-11-16(15)18;/h6-7,10-11,18,20H,8-9,12-13H2,1-5H3;/q-1;+1. The van der Waals surface area contributed by atoms with E-state index in [0.29, 0.717) is 5.54 Å². The molecule has 1 aromatic rings. The van der Waals surface area contributed by atoms with Crippen LogP contribution in [-0.4, -0.2) is 31.8 Å². The fourth-order valence-corrected chi connectivity index (χ4v) is 7.67. The van der Waals surface area contributed by atoms with E-state index in [1.165, 1.54) is 42.8 Å². The summed E-state index contributed by atoms with van der Waals surface area (Å²) in [5.41, 5.74) is 4.87. The molecule has 1 aliphatic carbocycles. The van der Waals surface area contributed by atoms with Crippen molar-refractivity contribution in [2.24, 2.45) is 0 Å². The predicted octanol–water partition coefficient (Wildman–Crippen LogP) is 1.16. The van der Waals surface area contributed by atoms with E-state index in [2.05, 4.69) is 74.1 Å². The zero-order valence-corrected chi connectivity index (χ0v) is 16.7. The van der Waals surface area contributed by atoms with Crippen molar-refractivity contribution in [3.63, 3.8) is 0 Å². The molecule has 2 nitrogen and oxygen atoms in total. The van der Waals surface area contributed by atoms with Gasteiger partial charge in [-0.25, -0.2) is 6.08 Å². The van der Waals surface area contributed by atoms with Gasteiger partial charge in [0.15, 0.2) is 0 Å². The van der Waals surface area contributed by atoms with Crippen LogP contribution in [0.3, 0.4) is 0 Å². The molecule has 1 fully saturated rings. The van der Waals surface area contributed by atoms with Crippen molar-refractivity contribution in [3.8, 4) is 0 Å². The summed E-state index contributed by atoms with van der Waals surface area (Å²) < 4.78 is 0. The van der Waals surface area contributed by atoms with Crippen LogP contribution < -0.4 is 23.8 Å². The molecule has 3 rings (SSSR count). The number of hydrogen-bond acceptors (Lipinski definition) is 2. The molecular weight excluding hydrogens is 291 g/mol. The Morgan fingerprint density at radius 1 is 1.13 bits per heavy atom. The summed E-state index contributed by atoms with van der Waals surface area (Å²) in [4.78, 5) is 6.48. The van der Waals surface area contributed by atoms with Gasteiger partial charge in [0, 0.05) is 18.6 Å². The van der Waals surface area contributed by atoms with Crippen LogP contribution in [0.25, 0.3) is 5.70 Å². The van der Waals surface area contributed by atoms with Crippen molar-refractivity contribution < 1.29 is 18.9 Å². The van der Waals surface area contributed by atoms with Gasteiger partial charge < -0.3 is 9.88 Å². The Bertz CT molecular complexity index is 583. The number of benzene rings is 1. The Morgan fingerprint density at radius 2 is 1.74 bits per heavy atom. The van der Waals surface area contributed by atoms with Gasteiger partial charge in [-0.05, 0) is 33.6 Å². The van der Waals surface area contributed by atoms with Crippen LogP contribution in [0.15, 0.2) is 24.3 Å². The maximum Gasteiger partial charge on any atom is 1.00 e. The number of hydrogen-bond donors (Lipinski definition) is 1. The maximum absolute atomic E-state index is 3.93. The molecule has 0 radical (unpaired) electrons. The quantitative estimate of drug-likeness (QED) is 0.664. The van der Waals surface area contributed by atoms with Crippen molar-refractivity contribution in [1.82, 2.24) is 9.88 Å². The molecule has 23 heavy (non-hydrogen) atoms. The van der Waals surface area contributed by atoms with Gasteiger partial charge in [-0.3, -0.25) is 0 Å². The monoisotopic (exact) mass is 320 g/mol. The van der Waals surface area contributed by atoms with E-state index in [1.807, 2.05) is 0 Å². The first kappa shape index (κ1) is 18.9. The third-order valence-electron chi connectivity index (χ3n) is 4.65. The molecule has 1 aliphatic heterocycles. The van der Waals surface area contributed by atoms with Gasteiger partial charge in [0.2, 0.25) is 0 Å². The van der Waals surface area contributed by atoms with Crippen LogP contribution in [-0.2, 0) is 0 Å². The third kappa shape index (κ3) is 3.96. The molecule has 0 spiro atoms. The molecule has 0 amide bonds. The van der Waals surface area contributed by atoms with Crippen LogP contribution in [0, 0.1) is 6.08 Å². The topological polar surface area (TPSA) is 15.3 Å². The minimum Gasteiger partial charge on any atom is -0.405 e. The molecule has 0 aromatic heterocycles. The summed E-state index contributed by atoms with van der Waals surface area (Å²) in [6, 6.07) is 8.96. The SMILES string of the molecule is CC(C)(C)N[Si](C)(C)C1[C-]=C(N2CCCC2)c2ccccc21.[Li+]. The van der Waals surface area contributed by atoms with Crippen molar-refractivity contribution in [1.29, 1.82) is 0 Å². The van der Waals surface area contributed by atoms with Gasteiger partial charge in [0.1, 0.15) is 8.24 Å². The van der Waals surface area contributed by atoms with Crippen LogP contribution in [0.4, 0.5) is 0 Å². The molecule has 0 bridgehead atoms. The second-order valence-corrected chi connectivity index (χ2v) is 12.6. The van der Waals surface area contributed by atoms with Crippen molar-refractivity contribution in [2.75, 3.05) is 13.1 Å². The van der Waals surface area contributed by atoms with E-state index >= 15 is 0 Å². The van der Waals surface area contributed by atoms with Gasteiger partial charge in [-0.1, -0.05) is 36.8 Å². The summed E-state index contributed by atoms with van der Waals surface area (Å²) >= 11 is 0. The van der Waals surface area contributed by atoms with Crippen LogP contribution in [0.5, 0.6) is 0 Å². The minimum absolute atomic E-state index is 0. The minimum atomic E-state index is -1.66. The molecule has 1 unspecified atom stereocenters. The Balaban J connectivity index is 0.00000192. The average molecular weight is 320 g/mol. The maximum atomic E-state index is 3.93. The predicted molar refractivity (Wildman–Crippen MR) is 97.0 cm³/mol. The molecule has 1 heterocycles. The van der Waals surface area contributed by atoms with Crippen LogP contribution in [0.1, 0.15) is 50.3 Å². The molecule has 1 saturated heterocycles. The van der Waals surface area contributed by atoms with Gasteiger partial charge in [-0.2, -0.15) is 5.56 Å². The van der Waals surface area contributed by atoms with Gasteiger partial charge >= 0.3 is 18.9 Å². The van der Waals surface area contributed by atoms with Crippen molar-refractivity contribution >= 4 is 13.9 Å². The van der Waals surface area contributed by atoms with E-state index in [4.69, 9.17) is 0 Å². The third-order valence-corrected chi connectivity index (χ3v) is 7.94. The van der Waals surface area contributed by atoms with Gasteiger partial charge in [0.25, 0.3) is 0 Å². The number of nitrogens with one attached hydrogen (secondary N) is 1. The smallest absolute Gasteiger partial charge is 0.405 e. The summed E-state index contributed by atoms with van der Waals surface area (Å²) in [7, 11) is -1.66. The van der Waals surface area contributed by atoms with E-state index in [9.17, 15) is 0 Å². The van der Waals surface area contributed by atoms with Crippen molar-refractivity contribution in [3.05, 3.63) is 41.5 Å². The largest absolute Gasteiger partial charge is 1.00 e. The van der Waals surface area contributed by atoms with E-state index in [0.717, 1.165) is 0 Å². The van der Waals surface area contributed by atoms with E-state index in [1.54, 1.807) is 0 Å². The zero-order chi connectivity index (χ0) is 16.0. The number of allylic oxidation sites excluding steroid dienone is 1. The Morgan fingerprint density at radius 3 is 2.35 bits per heavy atom. The first-order valence-electron chi connectivity index (χ1n) is 8.55. The van der Waals surface area contributed by atoms with Gasteiger partial charge in [0.05, 0.1) is 0 Å². The molecule has 120 valence electrons. The van der Waals surface area contributed by atoms with E-state index < -0.39 is 8.24 Å². The summed E-state index contributed by atoms with van der Waals surface area (Å²) in [6.45, 7) is 14.1. The van der Waals surface area contributed by atoms with E-state index in [-0.39, 0.29) is 24.4 Å². The fraction of sp³-hybridized carbons (Fsp3) is 0.579. The zero-order valence-electron chi connectivity index (χ0n) is 15.7. The molecule has 0 saturated carbocycles. The Labute approximate surface area is 155 Å². The summed E-state index contributed by atoms with van der Waals surface area (Å²) in [5, 5.41) is 0. The first-order valence-corrected chi connectivity index (χ1v) is 11.6. The van der Waals surface area contributed by atoms with Crippen molar-refractivity contribution in [2.45, 2.75) is 57.8 Å². The second kappa shape index (κ2) is 6.80. The fourth-order valence-electron chi connectivity index (χ4n) is 4.07. The number of likely N-dealkylation sites (tertiary alicyclic amines) is 1. The molecule has 1 N–H and O–H groups in total. The summed E-state index contributed by atoms with van der Waals surface area (Å²) in [6.07, 6.45) is 6.54. The molecule has 2 aliphatic rings. The second-order valence-electron chi connectivity index (χ2n) is 8.30. The molecule has 1 aromatic carbocycles. The van der Waals surface area contributed by atoms with Crippen LogP contribution in [0.2, 0.25) is 13.1 Å². The normalized spacial score (nSPS) is 21.0.